The number of amides is 1. The summed E-state index contributed by atoms with van der Waals surface area (Å²) in [6, 6.07) is 3.64. The van der Waals surface area contributed by atoms with Gasteiger partial charge in [-0.05, 0) is 51.2 Å². The molecule has 0 spiro atoms. The van der Waals surface area contributed by atoms with Gasteiger partial charge in [0.2, 0.25) is 5.67 Å². The van der Waals surface area contributed by atoms with Crippen LogP contribution in [0.3, 0.4) is 0 Å². The molecule has 0 bridgehead atoms. The highest BCUT2D eigenvalue weighted by atomic mass is 19.1. The van der Waals surface area contributed by atoms with Gasteiger partial charge in [0.1, 0.15) is 29.8 Å². The average Bonchev–Trinajstić information content (AvgIpc) is 3.48. The van der Waals surface area contributed by atoms with E-state index in [1.165, 1.54) is 0 Å². The number of rotatable bonds is 7. The minimum atomic E-state index is -2.26. The van der Waals surface area contributed by atoms with Gasteiger partial charge in [-0.25, -0.2) is 23.6 Å². The van der Waals surface area contributed by atoms with Gasteiger partial charge in [-0.2, -0.15) is 0 Å². The van der Waals surface area contributed by atoms with Crippen molar-refractivity contribution in [3.05, 3.63) is 23.5 Å². The Hall–Kier alpha value is -3.24. The first-order chi connectivity index (χ1) is 16.7. The highest BCUT2D eigenvalue weighted by Gasteiger charge is 2.44. The summed E-state index contributed by atoms with van der Waals surface area (Å²) < 4.78 is 27.6. The van der Waals surface area contributed by atoms with Crippen molar-refractivity contribution in [2.45, 2.75) is 82.7 Å². The van der Waals surface area contributed by atoms with Crippen LogP contribution >= 0.6 is 0 Å². The van der Waals surface area contributed by atoms with Crippen LogP contribution in [0, 0.1) is 6.92 Å². The number of ether oxygens (including phenoxy) is 2. The molecule has 0 unspecified atom stereocenters. The zero-order chi connectivity index (χ0) is 25.2. The largest absolute Gasteiger partial charge is 0.488 e. The number of aliphatic carboxylic acids is 1. The molecule has 0 aliphatic heterocycles. The van der Waals surface area contributed by atoms with Crippen LogP contribution in [0.1, 0.15) is 62.8 Å². The van der Waals surface area contributed by atoms with Gasteiger partial charge in [0.15, 0.2) is 0 Å². The minimum absolute atomic E-state index is 0.00352. The molecule has 0 aromatic carbocycles. The molecule has 2 aromatic rings. The Morgan fingerprint density at radius 2 is 2.00 bits per heavy atom. The second-order valence-corrected chi connectivity index (χ2v) is 9.50. The van der Waals surface area contributed by atoms with Crippen LogP contribution < -0.4 is 4.74 Å². The molecule has 2 aliphatic carbocycles. The lowest BCUT2D eigenvalue weighted by molar-refractivity contribution is -0.155. The first kappa shape index (κ1) is 24.9. The molecule has 2 aliphatic rings. The molecule has 0 saturated heterocycles. The maximum atomic E-state index is 14.6. The van der Waals surface area contributed by atoms with Gasteiger partial charge in [0.05, 0.1) is 11.4 Å². The number of nitrogens with zero attached hydrogens (tertiary/aromatic N) is 5. The lowest BCUT2D eigenvalue weighted by Crippen LogP contribution is -2.42. The predicted octanol–water partition coefficient (Wildman–Crippen LogP) is 3.81. The summed E-state index contributed by atoms with van der Waals surface area (Å²) >= 11 is 0. The second kappa shape index (κ2) is 10.2. The first-order valence-electron chi connectivity index (χ1n) is 12.0. The van der Waals surface area contributed by atoms with Crippen LogP contribution in [0.2, 0.25) is 0 Å². The van der Waals surface area contributed by atoms with Crippen LogP contribution in [-0.4, -0.2) is 66.9 Å². The zero-order valence-electron chi connectivity index (χ0n) is 20.4. The summed E-state index contributed by atoms with van der Waals surface area (Å²) in [5.41, 5.74) is -0.0730. The third kappa shape index (κ3) is 5.38. The SMILES string of the molecule is Cc1nc(-c2nnn(C)c2COC(=O)N(C)C2CCCC2)ccc1O[C@H]1CCC[C@](F)(C(=O)O)C1. The topological polar surface area (TPSA) is 120 Å². The Morgan fingerprint density at radius 1 is 1.26 bits per heavy atom. The molecule has 35 heavy (non-hydrogen) atoms. The van der Waals surface area contributed by atoms with Crippen LogP contribution in [-0.2, 0) is 23.2 Å². The maximum absolute atomic E-state index is 14.6. The lowest BCUT2D eigenvalue weighted by atomic mass is 9.84. The van der Waals surface area contributed by atoms with E-state index in [1.54, 1.807) is 42.7 Å². The molecule has 2 fully saturated rings. The predicted molar refractivity (Wildman–Crippen MR) is 124 cm³/mol. The molecule has 11 heteroatoms. The van der Waals surface area contributed by atoms with Gasteiger partial charge >= 0.3 is 12.1 Å². The number of pyridine rings is 1. The fourth-order valence-electron chi connectivity index (χ4n) is 4.86. The molecule has 4 rings (SSSR count). The molecular weight excluding hydrogens is 457 g/mol. The van der Waals surface area contributed by atoms with Crippen molar-refractivity contribution >= 4 is 12.1 Å². The van der Waals surface area contributed by atoms with Gasteiger partial charge < -0.3 is 19.5 Å². The third-order valence-corrected chi connectivity index (χ3v) is 7.04. The summed E-state index contributed by atoms with van der Waals surface area (Å²) in [5, 5.41) is 17.5. The Morgan fingerprint density at radius 3 is 2.69 bits per heavy atom. The van der Waals surface area contributed by atoms with E-state index in [1.807, 2.05) is 0 Å². The van der Waals surface area contributed by atoms with Crippen LogP contribution in [0.15, 0.2) is 12.1 Å². The van der Waals surface area contributed by atoms with Crippen molar-refractivity contribution in [2.75, 3.05) is 7.05 Å². The number of hydrogen-bond acceptors (Lipinski definition) is 7. The van der Waals surface area contributed by atoms with Crippen LogP contribution in [0.5, 0.6) is 5.75 Å². The average molecular weight is 490 g/mol. The lowest BCUT2D eigenvalue weighted by Gasteiger charge is -2.32. The summed E-state index contributed by atoms with van der Waals surface area (Å²) in [6.45, 7) is 1.76. The number of hydrogen-bond donors (Lipinski definition) is 1. The quantitative estimate of drug-likeness (QED) is 0.624. The second-order valence-electron chi connectivity index (χ2n) is 9.50. The molecular formula is C24H32FN5O5. The summed E-state index contributed by atoms with van der Waals surface area (Å²) in [4.78, 5) is 30.0. The highest BCUT2D eigenvalue weighted by molar-refractivity contribution is 5.77. The molecule has 2 atom stereocenters. The fraction of sp³-hybridized carbons (Fsp3) is 0.625. The van der Waals surface area contributed by atoms with E-state index < -0.39 is 17.7 Å². The molecule has 0 radical (unpaired) electrons. The Labute approximate surface area is 203 Å². The van der Waals surface area contributed by atoms with E-state index in [0.29, 0.717) is 41.4 Å². The number of alkyl halides is 1. The van der Waals surface area contributed by atoms with Crippen LogP contribution in [0.25, 0.3) is 11.4 Å². The minimum Gasteiger partial charge on any atom is -0.488 e. The smallest absolute Gasteiger partial charge is 0.410 e. The van der Waals surface area contributed by atoms with Gasteiger partial charge in [-0.3, -0.25) is 0 Å². The van der Waals surface area contributed by atoms with Crippen molar-refractivity contribution in [2.24, 2.45) is 7.05 Å². The monoisotopic (exact) mass is 489 g/mol. The van der Waals surface area contributed by atoms with E-state index in [2.05, 4.69) is 15.3 Å². The Balaban J connectivity index is 1.44. The Bertz CT molecular complexity index is 1090. The molecule has 1 amide bonds. The maximum Gasteiger partial charge on any atom is 0.410 e. The molecule has 190 valence electrons. The first-order valence-corrected chi connectivity index (χ1v) is 12.0. The zero-order valence-corrected chi connectivity index (χ0v) is 20.4. The van der Waals surface area contributed by atoms with Gasteiger partial charge in [0, 0.05) is 26.6 Å². The van der Waals surface area contributed by atoms with E-state index in [0.717, 1.165) is 25.7 Å². The van der Waals surface area contributed by atoms with Crippen LogP contribution in [0.4, 0.5) is 9.18 Å². The summed E-state index contributed by atoms with van der Waals surface area (Å²) in [5.74, 6) is -0.982. The number of carboxylic acid groups (broad SMARTS) is 1. The van der Waals surface area contributed by atoms with E-state index in [-0.39, 0.29) is 31.6 Å². The molecule has 1 N–H and O–H groups in total. The molecule has 2 saturated carbocycles. The van der Waals surface area contributed by atoms with Crippen molar-refractivity contribution in [3.63, 3.8) is 0 Å². The molecule has 10 nitrogen and oxygen atoms in total. The number of halogens is 1. The van der Waals surface area contributed by atoms with E-state index in [9.17, 15) is 19.1 Å². The third-order valence-electron chi connectivity index (χ3n) is 7.04. The molecule has 2 aromatic heterocycles. The Kier molecular flexibility index (Phi) is 7.23. The number of carbonyl (C=O) groups is 2. The van der Waals surface area contributed by atoms with Crippen molar-refractivity contribution in [1.29, 1.82) is 0 Å². The fourth-order valence-corrected chi connectivity index (χ4v) is 4.86. The number of aromatic nitrogens is 4. The van der Waals surface area contributed by atoms with Gasteiger partial charge in [-0.15, -0.1) is 5.10 Å². The standard InChI is InChI=1S/C24H32FN5O5/c1-15-20(35-17-9-6-12-24(25,13-17)22(31)32)11-10-18(26-15)21-19(30(3)28-27-21)14-34-23(33)29(2)16-7-4-5-8-16/h10-11,16-17H,4-9,12-14H2,1-3H3,(H,31,32)/t17-,24+/m0/s1. The van der Waals surface area contributed by atoms with Gasteiger partial charge in [-0.1, -0.05) is 18.1 Å². The normalized spacial score (nSPS) is 22.7. The number of carboxylic acids is 1. The van der Waals surface area contributed by atoms with Crippen molar-refractivity contribution in [3.8, 4) is 17.1 Å². The number of aryl methyl sites for hydroxylation is 2. The summed E-state index contributed by atoms with van der Waals surface area (Å²) in [7, 11) is 3.49. The van der Waals surface area contributed by atoms with E-state index >= 15 is 0 Å². The number of carbonyl (C=O) groups excluding carboxylic acids is 1. The summed E-state index contributed by atoms with van der Waals surface area (Å²) in [6.07, 6.45) is 4.12. The molecule has 2 heterocycles. The van der Waals surface area contributed by atoms with Crippen molar-refractivity contribution < 1.29 is 28.6 Å². The highest BCUT2D eigenvalue weighted by Crippen LogP contribution is 2.35. The van der Waals surface area contributed by atoms with E-state index in [4.69, 9.17) is 9.47 Å². The van der Waals surface area contributed by atoms with Gasteiger partial charge in [0.25, 0.3) is 0 Å². The van der Waals surface area contributed by atoms with Crippen molar-refractivity contribution in [1.82, 2.24) is 24.9 Å².